The summed E-state index contributed by atoms with van der Waals surface area (Å²) in [6.45, 7) is 0. The van der Waals surface area contributed by atoms with Gasteiger partial charge in [-0.3, -0.25) is 0 Å². The van der Waals surface area contributed by atoms with Gasteiger partial charge in [0.2, 0.25) is 0 Å². The van der Waals surface area contributed by atoms with Crippen LogP contribution in [0, 0.1) is 0 Å². The van der Waals surface area contributed by atoms with Gasteiger partial charge in [-0.1, -0.05) is 0 Å². The Balaban J connectivity index is 3.25. The number of nitrogens with two attached hydrogens (primary N) is 1. The third-order valence-corrected chi connectivity index (χ3v) is 1.93. The van der Waals surface area contributed by atoms with Crippen molar-refractivity contribution < 1.29 is 14.0 Å². The summed E-state index contributed by atoms with van der Waals surface area (Å²) in [5, 5.41) is 0. The van der Waals surface area contributed by atoms with Crippen LogP contribution in [-0.4, -0.2) is 23.1 Å². The Kier molecular flexibility index (Phi) is 6.27. The minimum absolute atomic E-state index is 0.600. The van der Waals surface area contributed by atoms with Gasteiger partial charge in [-0.2, -0.15) is 11.8 Å². The summed E-state index contributed by atoms with van der Waals surface area (Å²) in [7, 11) is -2.54. The second-order valence-corrected chi connectivity index (χ2v) is 3.34. The predicted molar refractivity (Wildman–Crippen MR) is 41.9 cm³/mol. The van der Waals surface area contributed by atoms with Crippen LogP contribution >= 0.6 is 20.0 Å². The molecule has 6 heteroatoms. The van der Waals surface area contributed by atoms with Crippen LogP contribution in [0.5, 0.6) is 0 Å². The summed E-state index contributed by atoms with van der Waals surface area (Å²) in [5.41, 5.74) is 5.28. The van der Waals surface area contributed by atoms with Crippen LogP contribution in [0.2, 0.25) is 0 Å². The van der Waals surface area contributed by atoms with Crippen LogP contribution in [0.3, 0.4) is 0 Å². The van der Waals surface area contributed by atoms with Crippen molar-refractivity contribution in [2.24, 2.45) is 5.73 Å². The average molecular weight is 184 g/mol. The first-order valence-corrected chi connectivity index (χ1v) is 5.26. The molecule has 60 valence electrons. The van der Waals surface area contributed by atoms with Crippen LogP contribution < -0.4 is 5.73 Å². The van der Waals surface area contributed by atoms with E-state index >= 15 is 0 Å². The average Bonchev–Trinajstić information content (AvgIpc) is 1.82. The molecule has 3 N–H and O–H groups in total. The molecule has 0 fully saturated rings. The van der Waals surface area contributed by atoms with Crippen LogP contribution in [0.1, 0.15) is 6.42 Å². The lowest BCUT2D eigenvalue weighted by molar-refractivity contribution is 0.192. The maximum absolute atomic E-state index is 10.0. The Bertz CT molecular complexity index is 113. The molecule has 0 bridgehead atoms. The van der Waals surface area contributed by atoms with E-state index in [-0.39, 0.29) is 0 Å². The largest absolute Gasteiger partial charge is 0.696 e. The van der Waals surface area contributed by atoms with E-state index in [1.165, 1.54) is 0 Å². The van der Waals surface area contributed by atoms with Gasteiger partial charge >= 0.3 is 8.25 Å². The molecule has 0 aromatic rings. The van der Waals surface area contributed by atoms with E-state index in [9.17, 15) is 4.57 Å². The van der Waals surface area contributed by atoms with Gasteiger partial charge in [0.1, 0.15) is 0 Å². The highest BCUT2D eigenvalue weighted by Crippen LogP contribution is 2.17. The molecule has 0 heterocycles. The van der Waals surface area contributed by atoms with Gasteiger partial charge in [-0.15, -0.1) is 9.42 Å². The molecule has 0 aromatic heterocycles. The van der Waals surface area contributed by atoms with Crippen LogP contribution in [0.4, 0.5) is 0 Å². The highest BCUT2D eigenvalue weighted by atomic mass is 32.2. The highest BCUT2D eigenvalue weighted by molar-refractivity contribution is 7.98. The molecule has 0 aliphatic carbocycles. The van der Waals surface area contributed by atoms with Gasteiger partial charge in [0.15, 0.2) is 6.23 Å². The second kappa shape index (κ2) is 6.07. The zero-order valence-corrected chi connectivity index (χ0v) is 7.40. The standard InChI is InChI=1S/C4H10NO3PS/c1-10-3-2-4(5)8-9(6)7/h4H,2-3,5H2,1H3/p+1/t4-/m1/s1. The van der Waals surface area contributed by atoms with E-state index in [0.29, 0.717) is 6.42 Å². The molecule has 0 radical (unpaired) electrons. The minimum atomic E-state index is -2.54. The lowest BCUT2D eigenvalue weighted by atomic mass is 10.4. The van der Waals surface area contributed by atoms with Gasteiger partial charge in [-0.05, 0) is 12.0 Å². The summed E-state index contributed by atoms with van der Waals surface area (Å²) in [4.78, 5) is 8.22. The SMILES string of the molecule is CSCC[C@H](N)O[P+](=O)O. The van der Waals surface area contributed by atoms with Gasteiger partial charge in [0.25, 0.3) is 0 Å². The zero-order chi connectivity index (χ0) is 7.98. The monoisotopic (exact) mass is 184 g/mol. The summed E-state index contributed by atoms with van der Waals surface area (Å²) < 4.78 is 14.4. The molecule has 0 spiro atoms. The normalized spacial score (nSPS) is 14.9. The number of hydrogen-bond acceptors (Lipinski definition) is 4. The van der Waals surface area contributed by atoms with E-state index in [1.54, 1.807) is 11.8 Å². The fourth-order valence-electron chi connectivity index (χ4n) is 0.403. The highest BCUT2D eigenvalue weighted by Gasteiger charge is 2.18. The Labute approximate surface area is 65.1 Å². The second-order valence-electron chi connectivity index (χ2n) is 1.66. The first-order chi connectivity index (χ1) is 4.66. The number of thioether (sulfide) groups is 1. The number of rotatable bonds is 5. The van der Waals surface area contributed by atoms with Crippen molar-refractivity contribution in [3.8, 4) is 0 Å². The molecule has 0 aliphatic heterocycles. The molecular weight excluding hydrogens is 173 g/mol. The summed E-state index contributed by atoms with van der Waals surface area (Å²) in [5.74, 6) is 0.838. The molecule has 0 saturated heterocycles. The molecule has 0 aliphatic rings. The smallest absolute Gasteiger partial charge is 0.302 e. The van der Waals surface area contributed by atoms with Gasteiger partial charge in [-0.25, -0.2) is 0 Å². The van der Waals surface area contributed by atoms with Crippen molar-refractivity contribution in [1.29, 1.82) is 0 Å². The van der Waals surface area contributed by atoms with E-state index in [4.69, 9.17) is 10.6 Å². The molecule has 2 atom stereocenters. The van der Waals surface area contributed by atoms with Gasteiger partial charge < -0.3 is 5.73 Å². The minimum Gasteiger partial charge on any atom is -0.302 e. The molecule has 10 heavy (non-hydrogen) atoms. The van der Waals surface area contributed by atoms with Crippen molar-refractivity contribution >= 4 is 20.0 Å². The van der Waals surface area contributed by atoms with Crippen molar-refractivity contribution in [2.45, 2.75) is 12.6 Å². The zero-order valence-electron chi connectivity index (χ0n) is 5.69. The Morgan fingerprint density at radius 3 is 2.90 bits per heavy atom. The Morgan fingerprint density at radius 2 is 2.50 bits per heavy atom. The molecule has 0 rings (SSSR count). The lowest BCUT2D eigenvalue weighted by Crippen LogP contribution is -2.21. The van der Waals surface area contributed by atoms with Crippen molar-refractivity contribution in [1.82, 2.24) is 0 Å². The fourth-order valence-corrected chi connectivity index (χ4v) is 1.21. The van der Waals surface area contributed by atoms with Crippen LogP contribution in [0.15, 0.2) is 0 Å². The third-order valence-electron chi connectivity index (χ3n) is 0.832. The van der Waals surface area contributed by atoms with E-state index in [1.807, 2.05) is 6.26 Å². The number of hydrogen-bond donors (Lipinski definition) is 2. The van der Waals surface area contributed by atoms with E-state index in [2.05, 4.69) is 4.52 Å². The van der Waals surface area contributed by atoms with Crippen molar-refractivity contribution in [3.05, 3.63) is 0 Å². The van der Waals surface area contributed by atoms with Crippen LogP contribution in [0.25, 0.3) is 0 Å². The van der Waals surface area contributed by atoms with Crippen molar-refractivity contribution in [3.63, 3.8) is 0 Å². The lowest BCUT2D eigenvalue weighted by Gasteiger charge is -1.99. The molecule has 0 amide bonds. The van der Waals surface area contributed by atoms with Gasteiger partial charge in [0.05, 0.1) is 0 Å². The first kappa shape index (κ1) is 10.3. The molecule has 1 unspecified atom stereocenters. The maximum Gasteiger partial charge on any atom is 0.696 e. The van der Waals surface area contributed by atoms with E-state index in [0.717, 1.165) is 5.75 Å². The molecule has 0 aromatic carbocycles. The fraction of sp³-hybridized carbons (Fsp3) is 1.00. The summed E-state index contributed by atoms with van der Waals surface area (Å²) in [6, 6.07) is 0. The van der Waals surface area contributed by atoms with Crippen molar-refractivity contribution in [2.75, 3.05) is 12.0 Å². The van der Waals surface area contributed by atoms with Crippen LogP contribution in [-0.2, 0) is 9.09 Å². The topological polar surface area (TPSA) is 72.5 Å². The Hall–Kier alpha value is 0.330. The first-order valence-electron chi connectivity index (χ1n) is 2.74. The Morgan fingerprint density at radius 1 is 1.90 bits per heavy atom. The molecule has 4 nitrogen and oxygen atoms in total. The van der Waals surface area contributed by atoms with E-state index < -0.39 is 14.5 Å². The summed E-state index contributed by atoms with van der Waals surface area (Å²) >= 11 is 1.62. The molecule has 0 saturated carbocycles. The quantitative estimate of drug-likeness (QED) is 0.485. The predicted octanol–water partition coefficient (Wildman–Crippen LogP) is 0.691. The van der Waals surface area contributed by atoms with Gasteiger partial charge in [0, 0.05) is 11.0 Å². The molecular formula is C4H11NO3PS+. The third kappa shape index (κ3) is 6.45. The maximum atomic E-state index is 10.0. The summed E-state index contributed by atoms with van der Waals surface area (Å²) in [6.07, 6.45) is 1.93.